The Hall–Kier alpha value is -0.730. The lowest BCUT2D eigenvalue weighted by Gasteiger charge is -2.11. The Kier molecular flexibility index (Phi) is 7.18. The van der Waals surface area contributed by atoms with E-state index in [1.807, 2.05) is 27.7 Å². The summed E-state index contributed by atoms with van der Waals surface area (Å²) in [4.78, 5) is 23.0. The van der Waals surface area contributed by atoms with Gasteiger partial charge in [-0.15, -0.1) is 0 Å². The van der Waals surface area contributed by atoms with Crippen molar-refractivity contribution in [1.82, 2.24) is 0 Å². The quantitative estimate of drug-likeness (QED) is 0.497. The molecule has 0 heterocycles. The van der Waals surface area contributed by atoms with E-state index in [9.17, 15) is 9.59 Å². The summed E-state index contributed by atoms with van der Waals surface area (Å²) in [6.45, 7) is 7.44. The van der Waals surface area contributed by atoms with Gasteiger partial charge in [0.25, 0.3) is 25.2 Å². The van der Waals surface area contributed by atoms with Gasteiger partial charge in [-0.05, 0) is 0 Å². The molecule has 0 saturated carbocycles. The van der Waals surface area contributed by atoms with Gasteiger partial charge in [-0.3, -0.25) is 9.59 Å². The van der Waals surface area contributed by atoms with E-state index in [-0.39, 0.29) is 25.2 Å². The molecule has 0 aliphatic carbocycles. The summed E-state index contributed by atoms with van der Waals surface area (Å²) >= 11 is 0. The van der Waals surface area contributed by atoms with Gasteiger partial charge >= 0.3 is 0 Å². The molecular weight excluding hydrogens is 190 g/mol. The second kappa shape index (κ2) is 7.55. The van der Waals surface area contributed by atoms with Crippen molar-refractivity contribution in [3.05, 3.63) is 0 Å². The molecular formula is C10H20B2O3. The Balaban J connectivity index is 4.21. The van der Waals surface area contributed by atoms with E-state index in [0.29, 0.717) is 0 Å². The first-order valence-corrected chi connectivity index (χ1v) is 5.86. The summed E-state index contributed by atoms with van der Waals surface area (Å²) in [5.41, 5.74) is 0. The highest BCUT2D eigenvalue weighted by atomic mass is 16.6. The Morgan fingerprint density at radius 1 is 0.800 bits per heavy atom. The molecule has 0 bridgehead atoms. The molecule has 0 aliphatic rings. The Labute approximate surface area is 93.1 Å². The smallest absolute Gasteiger partial charge is 0.278 e. The van der Waals surface area contributed by atoms with E-state index in [1.165, 1.54) is 0 Å². The first-order chi connectivity index (χ1) is 7.10. The van der Waals surface area contributed by atoms with E-state index in [1.54, 1.807) is 0 Å². The van der Waals surface area contributed by atoms with E-state index < -0.39 is 0 Å². The zero-order valence-corrected chi connectivity index (χ0v) is 10.2. The molecule has 0 atom stereocenters. The molecule has 0 saturated heterocycles. The molecule has 0 unspecified atom stereocenters. The van der Waals surface area contributed by atoms with Crippen LogP contribution in [-0.4, -0.2) is 25.2 Å². The van der Waals surface area contributed by atoms with Gasteiger partial charge in [-0.1, -0.05) is 53.0 Å². The monoisotopic (exact) mass is 210 g/mol. The van der Waals surface area contributed by atoms with Crippen LogP contribution in [0.5, 0.6) is 0 Å². The molecule has 0 fully saturated rings. The summed E-state index contributed by atoms with van der Waals surface area (Å²) in [6, 6.07) is 0. The van der Waals surface area contributed by atoms with Gasteiger partial charge < -0.3 is 4.74 Å². The molecule has 0 aromatic carbocycles. The van der Waals surface area contributed by atoms with Crippen LogP contribution in [0.3, 0.4) is 0 Å². The first-order valence-electron chi connectivity index (χ1n) is 5.86. The fraction of sp³-hybridized carbons (Fsp3) is 0.800. The van der Waals surface area contributed by atoms with Crippen LogP contribution in [0.1, 0.15) is 27.7 Å². The number of carbonyl (C=O) groups excluding carboxylic acids is 2. The lowest BCUT2D eigenvalue weighted by atomic mass is 9.44. The summed E-state index contributed by atoms with van der Waals surface area (Å²) in [6.07, 6.45) is 2.91. The van der Waals surface area contributed by atoms with Crippen molar-refractivity contribution in [2.24, 2.45) is 0 Å². The van der Waals surface area contributed by atoms with Crippen LogP contribution < -0.4 is 0 Å². The molecule has 0 amide bonds. The van der Waals surface area contributed by atoms with Gasteiger partial charge in [0.05, 0.1) is 0 Å². The molecule has 0 aliphatic heterocycles. The van der Waals surface area contributed by atoms with Crippen LogP contribution in [0.4, 0.5) is 9.59 Å². The number of hydrogen-bond donors (Lipinski definition) is 0. The minimum Gasteiger partial charge on any atom is -0.410 e. The van der Waals surface area contributed by atoms with Crippen LogP contribution in [0.25, 0.3) is 0 Å². The molecule has 3 nitrogen and oxygen atoms in total. The highest BCUT2D eigenvalue weighted by Crippen LogP contribution is 2.07. The van der Waals surface area contributed by atoms with Crippen LogP contribution in [0, 0.1) is 0 Å². The third-order valence-electron chi connectivity index (χ3n) is 2.84. The first kappa shape index (κ1) is 14.3. The number of rotatable bonds is 6. The predicted octanol–water partition coefficient (Wildman–Crippen LogP) is 3.48. The lowest BCUT2D eigenvalue weighted by Crippen LogP contribution is -2.33. The predicted molar refractivity (Wildman–Crippen MR) is 65.3 cm³/mol. The Morgan fingerprint density at radius 3 is 1.27 bits per heavy atom. The molecule has 0 N–H and O–H groups in total. The van der Waals surface area contributed by atoms with E-state index in [2.05, 4.69) is 0 Å². The van der Waals surface area contributed by atoms with Crippen molar-refractivity contribution in [1.29, 1.82) is 0 Å². The van der Waals surface area contributed by atoms with Gasteiger partial charge in [0.15, 0.2) is 0 Å². The second-order valence-electron chi connectivity index (χ2n) is 3.77. The van der Waals surface area contributed by atoms with Gasteiger partial charge in [0.2, 0.25) is 0 Å². The largest absolute Gasteiger partial charge is 0.410 e. The van der Waals surface area contributed by atoms with E-state index >= 15 is 0 Å². The lowest BCUT2D eigenvalue weighted by molar-refractivity contribution is 0.182. The van der Waals surface area contributed by atoms with Crippen molar-refractivity contribution in [3.8, 4) is 0 Å². The standard InChI is InChI=1S/C10H20B2O3/c1-5-11(6-2)9(13)15-10(14)12(7-3)8-4/h5-8H2,1-4H3. The van der Waals surface area contributed by atoms with Crippen molar-refractivity contribution >= 4 is 25.2 Å². The fourth-order valence-corrected chi connectivity index (χ4v) is 1.51. The third-order valence-corrected chi connectivity index (χ3v) is 2.84. The van der Waals surface area contributed by atoms with Crippen LogP contribution >= 0.6 is 0 Å². The molecule has 0 radical (unpaired) electrons. The highest BCUT2D eigenvalue weighted by Gasteiger charge is 2.28. The average Bonchev–Trinajstić information content (AvgIpc) is 2.21. The molecule has 0 aromatic rings. The van der Waals surface area contributed by atoms with E-state index in [0.717, 1.165) is 25.3 Å². The summed E-state index contributed by atoms with van der Waals surface area (Å²) < 4.78 is 4.86. The molecule has 84 valence electrons. The molecule has 0 aromatic heterocycles. The van der Waals surface area contributed by atoms with Crippen LogP contribution in [-0.2, 0) is 4.74 Å². The second-order valence-corrected chi connectivity index (χ2v) is 3.77. The summed E-state index contributed by atoms with van der Waals surface area (Å²) in [7, 11) is 0. The zero-order valence-electron chi connectivity index (χ0n) is 10.2. The minimum absolute atomic E-state index is 0.136. The highest BCUT2D eigenvalue weighted by molar-refractivity contribution is 6.93. The third kappa shape index (κ3) is 4.54. The molecule has 15 heavy (non-hydrogen) atoms. The fourth-order valence-electron chi connectivity index (χ4n) is 1.51. The minimum atomic E-state index is -0.364. The summed E-state index contributed by atoms with van der Waals surface area (Å²) in [5, 5.41) is 0. The number of hydrogen-bond acceptors (Lipinski definition) is 3. The zero-order chi connectivity index (χ0) is 11.8. The van der Waals surface area contributed by atoms with Crippen molar-refractivity contribution in [2.75, 3.05) is 0 Å². The number of carbonyl (C=O) groups is 2. The maximum absolute atomic E-state index is 11.5. The van der Waals surface area contributed by atoms with Crippen molar-refractivity contribution in [3.63, 3.8) is 0 Å². The van der Waals surface area contributed by atoms with Gasteiger partial charge in [0, 0.05) is 0 Å². The van der Waals surface area contributed by atoms with Gasteiger partial charge in [0.1, 0.15) is 0 Å². The van der Waals surface area contributed by atoms with Crippen molar-refractivity contribution < 1.29 is 14.3 Å². The molecule has 0 spiro atoms. The van der Waals surface area contributed by atoms with Crippen LogP contribution in [0.15, 0.2) is 0 Å². The van der Waals surface area contributed by atoms with E-state index in [4.69, 9.17) is 4.74 Å². The Morgan fingerprint density at radius 2 is 1.07 bits per heavy atom. The summed E-state index contributed by atoms with van der Waals surface area (Å²) in [5.74, 6) is -0.728. The average molecular weight is 210 g/mol. The Bertz CT molecular complexity index is 189. The van der Waals surface area contributed by atoms with Crippen molar-refractivity contribution in [2.45, 2.75) is 53.0 Å². The van der Waals surface area contributed by atoms with Gasteiger partial charge in [-0.2, -0.15) is 0 Å². The topological polar surface area (TPSA) is 43.4 Å². The number of ether oxygens (including phenoxy) is 1. The van der Waals surface area contributed by atoms with Gasteiger partial charge in [-0.25, -0.2) is 0 Å². The van der Waals surface area contributed by atoms with Crippen LogP contribution in [0.2, 0.25) is 25.3 Å². The molecule has 0 rings (SSSR count). The molecule has 5 heteroatoms. The maximum Gasteiger partial charge on any atom is 0.278 e. The normalized spacial score (nSPS) is 9.60. The SMILES string of the molecule is CCB(CC)C(=O)OC(=O)B(CC)CC. The maximum atomic E-state index is 11.5.